The molecule has 8 heteroatoms. The molecule has 2 unspecified atom stereocenters. The molecule has 308 valence electrons. The minimum Gasteiger partial charge on any atom is -0.544 e. The van der Waals surface area contributed by atoms with Crippen molar-refractivity contribution in [2.75, 3.05) is 41.0 Å². The van der Waals surface area contributed by atoms with Crippen LogP contribution in [0.15, 0.2) is 72.9 Å². The number of carbonyl (C=O) groups excluding carboxylic acids is 3. The van der Waals surface area contributed by atoms with Gasteiger partial charge in [0.2, 0.25) is 0 Å². The number of nitrogens with zero attached hydrogens (tertiary/aromatic N) is 1. The molecule has 0 rings (SSSR count). The fourth-order valence-electron chi connectivity index (χ4n) is 5.68. The summed E-state index contributed by atoms with van der Waals surface area (Å²) in [6.45, 7) is 4.41. The molecule has 0 amide bonds. The molecule has 0 aromatic heterocycles. The van der Waals surface area contributed by atoms with Crippen LogP contribution in [0.4, 0.5) is 0 Å². The van der Waals surface area contributed by atoms with Crippen LogP contribution in [0.25, 0.3) is 0 Å². The zero-order valence-corrected chi connectivity index (χ0v) is 34.9. The van der Waals surface area contributed by atoms with Gasteiger partial charge in [0.05, 0.1) is 40.3 Å². The summed E-state index contributed by atoms with van der Waals surface area (Å²) >= 11 is 0. The molecule has 0 saturated carbocycles. The normalized spacial score (nSPS) is 13.7. The Bertz CT molecular complexity index is 1110. The number of aliphatic carboxylic acids is 1. The van der Waals surface area contributed by atoms with Gasteiger partial charge in [0.25, 0.3) is 0 Å². The minimum atomic E-state index is -1.14. The van der Waals surface area contributed by atoms with Crippen molar-refractivity contribution in [3.63, 3.8) is 0 Å². The lowest BCUT2D eigenvalue weighted by atomic mass is 10.1. The summed E-state index contributed by atoms with van der Waals surface area (Å²) in [6.07, 6.45) is 45.1. The maximum Gasteiger partial charge on any atom is 0.306 e. The van der Waals surface area contributed by atoms with Crippen molar-refractivity contribution in [1.29, 1.82) is 0 Å². The molecule has 0 saturated heterocycles. The highest BCUT2D eigenvalue weighted by Gasteiger charge is 2.25. The SMILES string of the molecule is CC/C=C/C=C/C=C/C=C/C=C/CCCC(=O)OC(COCCC(C(=O)[O-])[N+](C)(C)C)COC(=O)CCCCCCCCC/C=C/CCCCCCCC. The molecule has 0 aromatic carbocycles. The maximum absolute atomic E-state index is 12.6. The van der Waals surface area contributed by atoms with Gasteiger partial charge in [0, 0.05) is 19.3 Å². The molecule has 0 N–H and O–H groups in total. The van der Waals surface area contributed by atoms with Crippen molar-refractivity contribution >= 4 is 17.9 Å². The van der Waals surface area contributed by atoms with Crippen LogP contribution in [0.2, 0.25) is 0 Å². The molecule has 0 spiro atoms. The summed E-state index contributed by atoms with van der Waals surface area (Å²) in [7, 11) is 5.37. The summed E-state index contributed by atoms with van der Waals surface area (Å²) in [4.78, 5) is 36.7. The van der Waals surface area contributed by atoms with Gasteiger partial charge in [-0.2, -0.15) is 0 Å². The Balaban J connectivity index is 4.46. The van der Waals surface area contributed by atoms with E-state index < -0.39 is 24.1 Å². The van der Waals surface area contributed by atoms with Crippen LogP contribution in [0.3, 0.4) is 0 Å². The molecule has 0 aliphatic carbocycles. The van der Waals surface area contributed by atoms with E-state index in [1.807, 2.05) is 54.7 Å². The summed E-state index contributed by atoms with van der Waals surface area (Å²) in [5.74, 6) is -1.85. The first-order valence-corrected chi connectivity index (χ1v) is 21.0. The Hall–Kier alpha value is -3.23. The molecule has 54 heavy (non-hydrogen) atoms. The van der Waals surface area contributed by atoms with Crippen LogP contribution >= 0.6 is 0 Å². The summed E-state index contributed by atoms with van der Waals surface area (Å²) < 4.78 is 17.0. The van der Waals surface area contributed by atoms with Crippen molar-refractivity contribution < 1.29 is 38.2 Å². The number of hydrogen-bond acceptors (Lipinski definition) is 7. The Morgan fingerprint density at radius 3 is 1.63 bits per heavy atom. The van der Waals surface area contributed by atoms with Crippen LogP contribution in [0.5, 0.6) is 0 Å². The fraction of sp³-hybridized carbons (Fsp3) is 0.674. The predicted octanol–water partition coefficient (Wildman–Crippen LogP) is 9.85. The second kappa shape index (κ2) is 36.7. The first kappa shape index (κ1) is 50.8. The second-order valence-electron chi connectivity index (χ2n) is 15.0. The van der Waals surface area contributed by atoms with Gasteiger partial charge in [-0.15, -0.1) is 0 Å². The quantitative estimate of drug-likeness (QED) is 0.0206. The highest BCUT2D eigenvalue weighted by molar-refractivity contribution is 5.70. The van der Waals surface area contributed by atoms with Gasteiger partial charge in [-0.1, -0.05) is 151 Å². The molecule has 0 fully saturated rings. The second-order valence-corrected chi connectivity index (χ2v) is 15.0. The van der Waals surface area contributed by atoms with Crippen molar-refractivity contribution in [3.8, 4) is 0 Å². The lowest BCUT2D eigenvalue weighted by molar-refractivity contribution is -0.889. The van der Waals surface area contributed by atoms with E-state index in [4.69, 9.17) is 14.2 Å². The summed E-state index contributed by atoms with van der Waals surface area (Å²) in [6, 6.07) is -0.741. The van der Waals surface area contributed by atoms with Gasteiger partial charge in [0.15, 0.2) is 6.10 Å². The van der Waals surface area contributed by atoms with E-state index >= 15 is 0 Å². The Morgan fingerprint density at radius 2 is 1.07 bits per heavy atom. The van der Waals surface area contributed by atoms with Crippen molar-refractivity contribution in [1.82, 2.24) is 0 Å². The topological polar surface area (TPSA) is 102 Å². The average molecular weight is 756 g/mol. The monoisotopic (exact) mass is 756 g/mol. The molecular formula is C46H77NO7. The molecular weight excluding hydrogens is 679 g/mol. The zero-order chi connectivity index (χ0) is 40.0. The van der Waals surface area contributed by atoms with Crippen LogP contribution < -0.4 is 5.11 Å². The average Bonchev–Trinajstić information content (AvgIpc) is 3.12. The highest BCUT2D eigenvalue weighted by Crippen LogP contribution is 2.13. The number of quaternary nitrogens is 1. The lowest BCUT2D eigenvalue weighted by Gasteiger charge is -2.34. The molecule has 2 atom stereocenters. The first-order chi connectivity index (χ1) is 26.1. The first-order valence-electron chi connectivity index (χ1n) is 21.0. The van der Waals surface area contributed by atoms with E-state index in [2.05, 4.69) is 32.1 Å². The third-order valence-electron chi connectivity index (χ3n) is 8.95. The minimum absolute atomic E-state index is 0.00709. The van der Waals surface area contributed by atoms with Crippen molar-refractivity contribution in [2.45, 2.75) is 161 Å². The number of unbranched alkanes of at least 4 members (excludes halogenated alkanes) is 14. The Morgan fingerprint density at radius 1 is 0.574 bits per heavy atom. The number of ether oxygens (including phenoxy) is 3. The predicted molar refractivity (Wildman–Crippen MR) is 222 cm³/mol. The lowest BCUT2D eigenvalue weighted by Crippen LogP contribution is -2.55. The maximum atomic E-state index is 12.6. The van der Waals surface area contributed by atoms with E-state index in [1.54, 1.807) is 21.1 Å². The third kappa shape index (κ3) is 34.5. The van der Waals surface area contributed by atoms with Gasteiger partial charge in [-0.25, -0.2) is 0 Å². The van der Waals surface area contributed by atoms with Gasteiger partial charge in [-0.3, -0.25) is 9.59 Å². The fourth-order valence-corrected chi connectivity index (χ4v) is 5.68. The van der Waals surface area contributed by atoms with E-state index in [1.165, 1.54) is 77.0 Å². The van der Waals surface area contributed by atoms with Crippen molar-refractivity contribution in [2.24, 2.45) is 0 Å². The van der Waals surface area contributed by atoms with Crippen molar-refractivity contribution in [3.05, 3.63) is 72.9 Å². The number of hydrogen-bond donors (Lipinski definition) is 0. The molecule has 0 heterocycles. The van der Waals surface area contributed by atoms with Gasteiger partial charge in [0.1, 0.15) is 12.6 Å². The van der Waals surface area contributed by atoms with Gasteiger partial charge in [-0.05, 0) is 51.4 Å². The Kier molecular flexibility index (Phi) is 34.5. The zero-order valence-electron chi connectivity index (χ0n) is 34.9. The number of rotatable bonds is 36. The number of allylic oxidation sites excluding steroid dienone is 12. The molecule has 0 aromatic rings. The van der Waals surface area contributed by atoms with Crippen LogP contribution in [-0.2, 0) is 28.6 Å². The number of carboxylic acids is 1. The van der Waals surface area contributed by atoms with E-state index in [-0.39, 0.29) is 43.1 Å². The van der Waals surface area contributed by atoms with Gasteiger partial charge < -0.3 is 28.6 Å². The summed E-state index contributed by atoms with van der Waals surface area (Å²) in [5.41, 5.74) is 0. The number of esters is 2. The molecule has 0 aliphatic rings. The van der Waals surface area contributed by atoms with Crippen LogP contribution in [-0.4, -0.2) is 75.5 Å². The molecule has 0 radical (unpaired) electrons. The van der Waals surface area contributed by atoms with E-state index in [0.29, 0.717) is 19.3 Å². The summed E-state index contributed by atoms with van der Waals surface area (Å²) in [5, 5.41) is 11.6. The standard InChI is InChI=1S/C46H77NO7/c1-6-8-10-12-14-16-18-20-21-22-23-25-26-28-30-32-34-36-44(48)53-41-42(40-52-39-38-43(46(50)51)47(3,4)5)54-45(49)37-35-33-31-29-27-24-19-17-15-13-11-9-7-2/h9,11,13,15,17,19-21,24,27,29,31,42-43H,6-8,10,12,14,16,18,22-23,25-26,28,30,32-41H2,1-5H3/b11-9+,15-13+,19-17+,21-20+,27-24+,31-29+. The van der Waals surface area contributed by atoms with Gasteiger partial charge >= 0.3 is 11.9 Å². The van der Waals surface area contributed by atoms with E-state index in [9.17, 15) is 19.5 Å². The largest absolute Gasteiger partial charge is 0.544 e. The third-order valence-corrected chi connectivity index (χ3v) is 8.95. The van der Waals surface area contributed by atoms with Crippen LogP contribution in [0.1, 0.15) is 149 Å². The number of likely N-dealkylation sites (N-methyl/N-ethyl adjacent to an activating group) is 1. The Labute approximate surface area is 330 Å². The molecule has 8 nitrogen and oxygen atoms in total. The molecule has 0 aliphatic heterocycles. The van der Waals surface area contributed by atoms with Crippen LogP contribution in [0, 0.1) is 0 Å². The smallest absolute Gasteiger partial charge is 0.306 e. The molecule has 0 bridgehead atoms. The number of carboxylic acid groups (broad SMARTS) is 1. The highest BCUT2D eigenvalue weighted by atomic mass is 16.6. The van der Waals surface area contributed by atoms with E-state index in [0.717, 1.165) is 25.7 Å². The number of carbonyl (C=O) groups is 3.